The fourth-order valence-corrected chi connectivity index (χ4v) is 1.87. The zero-order valence-electron chi connectivity index (χ0n) is 11.0. The molecule has 102 valence electrons. The highest BCUT2D eigenvalue weighted by molar-refractivity contribution is 5.42. The van der Waals surface area contributed by atoms with Gasteiger partial charge in [0.15, 0.2) is 5.65 Å². The number of rotatable bonds is 5. The lowest BCUT2D eigenvalue weighted by atomic mass is 10.1. The molecule has 0 spiro atoms. The van der Waals surface area contributed by atoms with Gasteiger partial charge in [-0.1, -0.05) is 12.1 Å². The summed E-state index contributed by atoms with van der Waals surface area (Å²) in [4.78, 5) is 0. The molecule has 0 aliphatic heterocycles. The number of nitrogens with zero attached hydrogens (tertiary/aromatic N) is 5. The van der Waals surface area contributed by atoms with Gasteiger partial charge in [0.05, 0.1) is 7.11 Å². The van der Waals surface area contributed by atoms with Crippen molar-refractivity contribution < 1.29 is 4.74 Å². The van der Waals surface area contributed by atoms with Gasteiger partial charge >= 0.3 is 0 Å². The Hall–Kier alpha value is -2.70. The highest BCUT2D eigenvalue weighted by Crippen LogP contribution is 2.12. The van der Waals surface area contributed by atoms with Gasteiger partial charge in [-0.2, -0.15) is 0 Å². The number of benzene rings is 1. The second kappa shape index (κ2) is 5.52. The number of fused-ring (bicyclic) bond motifs is 1. The van der Waals surface area contributed by atoms with Gasteiger partial charge in [-0.25, -0.2) is 0 Å². The lowest BCUT2D eigenvalue weighted by Gasteiger charge is -2.06. The van der Waals surface area contributed by atoms with E-state index in [0.29, 0.717) is 5.65 Å². The average Bonchev–Trinajstić information content (AvgIpc) is 2.95. The van der Waals surface area contributed by atoms with Crippen LogP contribution in [0.15, 0.2) is 36.4 Å². The Morgan fingerprint density at radius 3 is 2.80 bits per heavy atom. The van der Waals surface area contributed by atoms with E-state index in [4.69, 9.17) is 4.74 Å². The Balaban J connectivity index is 1.58. The van der Waals surface area contributed by atoms with E-state index in [-0.39, 0.29) is 0 Å². The van der Waals surface area contributed by atoms with E-state index in [9.17, 15) is 0 Å². The van der Waals surface area contributed by atoms with Crippen LogP contribution in [-0.2, 0) is 6.42 Å². The fourth-order valence-electron chi connectivity index (χ4n) is 1.87. The Kier molecular flexibility index (Phi) is 3.40. The summed E-state index contributed by atoms with van der Waals surface area (Å²) in [6, 6.07) is 11.7. The van der Waals surface area contributed by atoms with Crippen LogP contribution in [0.4, 0.5) is 5.82 Å². The van der Waals surface area contributed by atoms with Gasteiger partial charge in [-0.05, 0) is 46.7 Å². The molecule has 7 heteroatoms. The maximum atomic E-state index is 5.13. The number of anilines is 1. The Morgan fingerprint density at radius 2 is 2.00 bits per heavy atom. The molecule has 0 bridgehead atoms. The van der Waals surface area contributed by atoms with Crippen molar-refractivity contribution in [3.05, 3.63) is 42.0 Å². The first-order valence-electron chi connectivity index (χ1n) is 6.27. The third kappa shape index (κ3) is 2.66. The molecule has 1 aromatic carbocycles. The smallest absolute Gasteiger partial charge is 0.200 e. The van der Waals surface area contributed by atoms with Gasteiger partial charge in [-0.15, -0.1) is 14.8 Å². The van der Waals surface area contributed by atoms with E-state index in [2.05, 4.69) is 38.1 Å². The van der Waals surface area contributed by atoms with Gasteiger partial charge in [0.1, 0.15) is 11.6 Å². The number of ether oxygens (including phenoxy) is 1. The van der Waals surface area contributed by atoms with E-state index in [1.54, 1.807) is 7.11 Å². The molecule has 0 aliphatic rings. The van der Waals surface area contributed by atoms with Gasteiger partial charge < -0.3 is 10.1 Å². The van der Waals surface area contributed by atoms with E-state index in [1.807, 2.05) is 24.3 Å². The zero-order valence-corrected chi connectivity index (χ0v) is 11.0. The highest BCUT2D eigenvalue weighted by atomic mass is 16.5. The molecule has 2 heterocycles. The minimum Gasteiger partial charge on any atom is -0.497 e. The molecule has 20 heavy (non-hydrogen) atoms. The largest absolute Gasteiger partial charge is 0.497 e. The van der Waals surface area contributed by atoms with Crippen LogP contribution in [0.3, 0.4) is 0 Å². The first-order valence-corrected chi connectivity index (χ1v) is 6.27. The molecular weight excluding hydrogens is 256 g/mol. The molecule has 2 aromatic heterocycles. The number of methoxy groups -OCH3 is 1. The van der Waals surface area contributed by atoms with E-state index < -0.39 is 0 Å². The van der Waals surface area contributed by atoms with Gasteiger partial charge in [0, 0.05) is 6.54 Å². The monoisotopic (exact) mass is 270 g/mol. The molecule has 0 amide bonds. The van der Waals surface area contributed by atoms with Crippen molar-refractivity contribution in [2.45, 2.75) is 6.42 Å². The van der Waals surface area contributed by atoms with Crippen LogP contribution in [0.1, 0.15) is 5.56 Å². The summed E-state index contributed by atoms with van der Waals surface area (Å²) >= 11 is 0. The van der Waals surface area contributed by atoms with E-state index >= 15 is 0 Å². The van der Waals surface area contributed by atoms with Crippen LogP contribution in [0.2, 0.25) is 0 Å². The van der Waals surface area contributed by atoms with Crippen LogP contribution in [0.5, 0.6) is 5.75 Å². The molecule has 1 N–H and O–H groups in total. The summed E-state index contributed by atoms with van der Waals surface area (Å²) in [5.41, 5.74) is 1.87. The molecule has 3 aromatic rings. The Labute approximate surface area is 115 Å². The zero-order chi connectivity index (χ0) is 13.8. The number of hydrogen-bond acceptors (Lipinski definition) is 6. The molecule has 0 radical (unpaired) electrons. The molecule has 3 rings (SSSR count). The number of nitrogens with one attached hydrogen (secondary N) is 1. The first-order chi connectivity index (χ1) is 9.85. The van der Waals surface area contributed by atoms with Crippen LogP contribution >= 0.6 is 0 Å². The van der Waals surface area contributed by atoms with Crippen molar-refractivity contribution in [2.75, 3.05) is 19.0 Å². The molecule has 0 fully saturated rings. The quantitative estimate of drug-likeness (QED) is 0.750. The predicted octanol–water partition coefficient (Wildman–Crippen LogP) is 1.18. The van der Waals surface area contributed by atoms with Crippen LogP contribution in [0.25, 0.3) is 5.65 Å². The van der Waals surface area contributed by atoms with Gasteiger partial charge in [0.2, 0.25) is 0 Å². The third-order valence-corrected chi connectivity index (χ3v) is 2.95. The molecule has 0 saturated heterocycles. The van der Waals surface area contributed by atoms with Crippen molar-refractivity contribution in [2.24, 2.45) is 0 Å². The summed E-state index contributed by atoms with van der Waals surface area (Å²) in [5, 5.41) is 18.6. The summed E-state index contributed by atoms with van der Waals surface area (Å²) < 4.78 is 6.53. The average molecular weight is 270 g/mol. The lowest BCUT2D eigenvalue weighted by Crippen LogP contribution is -2.08. The topological polar surface area (TPSA) is 77.2 Å². The summed E-state index contributed by atoms with van der Waals surface area (Å²) in [7, 11) is 1.66. The second-order valence-corrected chi connectivity index (χ2v) is 4.27. The van der Waals surface area contributed by atoms with Crippen molar-refractivity contribution in [3.63, 3.8) is 0 Å². The van der Waals surface area contributed by atoms with Crippen molar-refractivity contribution in [3.8, 4) is 5.75 Å². The van der Waals surface area contributed by atoms with Gasteiger partial charge in [0.25, 0.3) is 0 Å². The predicted molar refractivity (Wildman–Crippen MR) is 73.8 cm³/mol. The first kappa shape index (κ1) is 12.3. The maximum Gasteiger partial charge on any atom is 0.200 e. The standard InChI is InChI=1S/C13H14N6O/c1-20-11-4-2-10(3-5-11)8-9-14-12-6-7-13-15-17-18-19(13)16-12/h2-7H,8-9H2,1H3,(H,14,16). The molecule has 0 atom stereocenters. The van der Waals surface area contributed by atoms with Gasteiger partial charge in [-0.3, -0.25) is 0 Å². The van der Waals surface area contributed by atoms with E-state index in [0.717, 1.165) is 24.5 Å². The van der Waals surface area contributed by atoms with E-state index in [1.165, 1.54) is 10.2 Å². The molecule has 7 nitrogen and oxygen atoms in total. The van der Waals surface area contributed by atoms with Crippen molar-refractivity contribution in [1.29, 1.82) is 0 Å². The highest BCUT2D eigenvalue weighted by Gasteiger charge is 2.00. The van der Waals surface area contributed by atoms with Crippen LogP contribution < -0.4 is 10.1 Å². The summed E-state index contributed by atoms with van der Waals surface area (Å²) in [6.07, 6.45) is 0.902. The van der Waals surface area contributed by atoms with Crippen molar-refractivity contribution in [1.82, 2.24) is 25.3 Å². The van der Waals surface area contributed by atoms with Crippen LogP contribution in [-0.4, -0.2) is 38.9 Å². The fraction of sp³-hybridized carbons (Fsp3) is 0.231. The minimum atomic E-state index is 0.630. The minimum absolute atomic E-state index is 0.630. The lowest BCUT2D eigenvalue weighted by molar-refractivity contribution is 0.414. The second-order valence-electron chi connectivity index (χ2n) is 4.27. The number of hydrogen-bond donors (Lipinski definition) is 1. The molecule has 0 aliphatic carbocycles. The third-order valence-electron chi connectivity index (χ3n) is 2.95. The molecular formula is C13H14N6O. The normalized spacial score (nSPS) is 10.7. The Bertz CT molecular complexity index is 693. The summed E-state index contributed by atoms with van der Waals surface area (Å²) in [6.45, 7) is 0.785. The SMILES string of the molecule is COc1ccc(CCNc2ccc3nnnn3n2)cc1. The summed E-state index contributed by atoms with van der Waals surface area (Å²) in [5.74, 6) is 1.62. The molecule has 0 unspecified atom stereocenters. The maximum absolute atomic E-state index is 5.13. The Morgan fingerprint density at radius 1 is 1.15 bits per heavy atom. The van der Waals surface area contributed by atoms with Crippen molar-refractivity contribution >= 4 is 11.5 Å². The number of tetrazole rings is 1. The van der Waals surface area contributed by atoms with Crippen LogP contribution in [0, 0.1) is 0 Å². The number of aromatic nitrogens is 5. The molecule has 0 saturated carbocycles.